The third kappa shape index (κ3) is 4.05. The van der Waals surface area contributed by atoms with E-state index in [0.29, 0.717) is 29.2 Å². The summed E-state index contributed by atoms with van der Waals surface area (Å²) in [5.41, 5.74) is -0.199. The van der Waals surface area contributed by atoms with Crippen LogP contribution in [0.2, 0.25) is 0 Å². The molecule has 9 nitrogen and oxygen atoms in total. The summed E-state index contributed by atoms with van der Waals surface area (Å²) in [6.07, 6.45) is 4.80. The first-order chi connectivity index (χ1) is 17.6. The van der Waals surface area contributed by atoms with Crippen molar-refractivity contribution in [1.29, 1.82) is 0 Å². The number of rotatable bonds is 5. The van der Waals surface area contributed by atoms with Crippen molar-refractivity contribution in [2.24, 2.45) is 7.05 Å². The molecule has 2 aromatic heterocycles. The topological polar surface area (TPSA) is 109 Å². The second kappa shape index (κ2) is 8.27. The predicted octanol–water partition coefficient (Wildman–Crippen LogP) is 3.12. The molecule has 3 aromatic rings. The van der Waals surface area contributed by atoms with Gasteiger partial charge in [0.2, 0.25) is 5.95 Å². The number of piperidine rings is 1. The zero-order valence-corrected chi connectivity index (χ0v) is 20.9. The fourth-order valence-corrected chi connectivity index (χ4v) is 5.95. The zero-order chi connectivity index (χ0) is 26.1. The maximum absolute atomic E-state index is 15.8. The minimum Gasteiger partial charge on any atom is -0.507 e. The fourth-order valence-electron chi connectivity index (χ4n) is 5.95. The standard InChI is InChI=1S/C26H29F2N7O2/c1-25-8-9-26(2,33-25)22(28)19(12-25)35(15-5-6-15)23-29-13-18(31-32-23)16-7-4-14(10-20(16)36)17-11-21(27)34(3)24(37)30-17/h4,7,10-11,13,15,19,22,33,36H,5-6,8-9,12H2,1-3H3/t19-,22-,25-,26+/m1/s1. The van der Waals surface area contributed by atoms with E-state index in [-0.39, 0.29) is 29.1 Å². The van der Waals surface area contributed by atoms with Crippen LogP contribution >= 0.6 is 0 Å². The summed E-state index contributed by atoms with van der Waals surface area (Å²) in [6, 6.07) is 5.59. The lowest BCUT2D eigenvalue weighted by Crippen LogP contribution is -2.66. The Morgan fingerprint density at radius 1 is 1.16 bits per heavy atom. The number of hydrogen-bond acceptors (Lipinski definition) is 8. The van der Waals surface area contributed by atoms with Crippen LogP contribution in [-0.4, -0.2) is 59.2 Å². The Hall–Kier alpha value is -3.47. The molecule has 4 atom stereocenters. The molecular formula is C26H29F2N7O2. The molecule has 0 radical (unpaired) electrons. The highest BCUT2D eigenvalue weighted by molar-refractivity contribution is 5.72. The second-order valence-corrected chi connectivity index (χ2v) is 11.1. The van der Waals surface area contributed by atoms with Crippen molar-refractivity contribution < 1.29 is 13.9 Å². The second-order valence-electron chi connectivity index (χ2n) is 11.1. The van der Waals surface area contributed by atoms with E-state index in [4.69, 9.17) is 0 Å². The summed E-state index contributed by atoms with van der Waals surface area (Å²) in [7, 11) is 1.29. The molecule has 1 saturated carbocycles. The van der Waals surface area contributed by atoms with Crippen molar-refractivity contribution in [3.05, 3.63) is 46.9 Å². The number of halogens is 2. The van der Waals surface area contributed by atoms with Gasteiger partial charge in [0.05, 0.1) is 17.9 Å². The molecule has 4 heterocycles. The highest BCUT2D eigenvalue weighted by Crippen LogP contribution is 2.47. The van der Waals surface area contributed by atoms with Crippen LogP contribution in [0.15, 0.2) is 35.3 Å². The van der Waals surface area contributed by atoms with Crippen molar-refractivity contribution in [2.75, 3.05) is 4.90 Å². The predicted molar refractivity (Wildman–Crippen MR) is 133 cm³/mol. The fraction of sp³-hybridized carbons (Fsp3) is 0.500. The number of nitrogens with one attached hydrogen (secondary N) is 1. The van der Waals surface area contributed by atoms with Gasteiger partial charge in [-0.1, -0.05) is 6.07 Å². The molecule has 11 heteroatoms. The van der Waals surface area contributed by atoms with Gasteiger partial charge in [-0.3, -0.25) is 4.57 Å². The minimum absolute atomic E-state index is 0.112. The number of anilines is 1. The van der Waals surface area contributed by atoms with Gasteiger partial charge in [0.1, 0.15) is 17.6 Å². The molecule has 3 fully saturated rings. The smallest absolute Gasteiger partial charge is 0.350 e. The monoisotopic (exact) mass is 509 g/mol. The largest absolute Gasteiger partial charge is 0.507 e. The van der Waals surface area contributed by atoms with Crippen molar-refractivity contribution in [3.8, 4) is 28.3 Å². The number of aromatic hydroxyl groups is 1. The summed E-state index contributed by atoms with van der Waals surface area (Å²) in [4.78, 5) is 22.3. The van der Waals surface area contributed by atoms with E-state index in [2.05, 4.69) is 32.4 Å². The number of phenols is 1. The van der Waals surface area contributed by atoms with Crippen LogP contribution in [0.3, 0.4) is 0 Å². The quantitative estimate of drug-likeness (QED) is 0.505. The molecule has 37 heavy (non-hydrogen) atoms. The lowest BCUT2D eigenvalue weighted by atomic mass is 9.82. The van der Waals surface area contributed by atoms with Gasteiger partial charge in [0.15, 0.2) is 5.95 Å². The highest BCUT2D eigenvalue weighted by Gasteiger charge is 2.58. The van der Waals surface area contributed by atoms with Crippen molar-refractivity contribution in [3.63, 3.8) is 0 Å². The highest BCUT2D eigenvalue weighted by atomic mass is 19.1. The van der Waals surface area contributed by atoms with Crippen LogP contribution in [0, 0.1) is 5.95 Å². The number of alkyl halides is 1. The Kier molecular flexibility index (Phi) is 5.34. The van der Waals surface area contributed by atoms with E-state index >= 15 is 4.39 Å². The van der Waals surface area contributed by atoms with E-state index < -0.39 is 23.3 Å². The Bertz CT molecular complexity index is 1430. The van der Waals surface area contributed by atoms with Gasteiger partial charge in [-0.15, -0.1) is 10.2 Å². The van der Waals surface area contributed by atoms with E-state index in [9.17, 15) is 14.3 Å². The Balaban J connectivity index is 1.28. The molecule has 0 spiro atoms. The van der Waals surface area contributed by atoms with Gasteiger partial charge in [0.25, 0.3) is 0 Å². The summed E-state index contributed by atoms with van der Waals surface area (Å²) in [5.74, 6) is -0.476. The van der Waals surface area contributed by atoms with Crippen LogP contribution in [-0.2, 0) is 7.05 Å². The van der Waals surface area contributed by atoms with Gasteiger partial charge >= 0.3 is 5.69 Å². The van der Waals surface area contributed by atoms with Crippen LogP contribution in [0.1, 0.15) is 46.0 Å². The van der Waals surface area contributed by atoms with E-state index in [1.165, 1.54) is 19.3 Å². The average molecular weight is 510 g/mol. The first-order valence-electron chi connectivity index (χ1n) is 12.6. The van der Waals surface area contributed by atoms with Crippen molar-refractivity contribution >= 4 is 5.95 Å². The molecule has 0 unspecified atom stereocenters. The van der Waals surface area contributed by atoms with Gasteiger partial charge < -0.3 is 15.3 Å². The van der Waals surface area contributed by atoms with Gasteiger partial charge in [-0.05, 0) is 58.1 Å². The summed E-state index contributed by atoms with van der Waals surface area (Å²) in [5, 5.41) is 22.9. The zero-order valence-electron chi connectivity index (χ0n) is 20.9. The van der Waals surface area contributed by atoms with Crippen LogP contribution < -0.4 is 15.9 Å². The third-order valence-corrected chi connectivity index (χ3v) is 8.12. The van der Waals surface area contributed by atoms with Crippen LogP contribution in [0.5, 0.6) is 5.75 Å². The Labute approximate surface area is 212 Å². The molecule has 194 valence electrons. The third-order valence-electron chi connectivity index (χ3n) is 8.12. The Morgan fingerprint density at radius 2 is 1.95 bits per heavy atom. The Morgan fingerprint density at radius 3 is 2.59 bits per heavy atom. The van der Waals surface area contributed by atoms with Gasteiger partial charge in [-0.2, -0.15) is 9.37 Å². The molecule has 1 aliphatic carbocycles. The first kappa shape index (κ1) is 23.9. The minimum atomic E-state index is -1.06. The molecular weight excluding hydrogens is 480 g/mol. The number of aromatic nitrogens is 5. The molecule has 2 bridgehead atoms. The molecule has 2 saturated heterocycles. The van der Waals surface area contributed by atoms with Crippen LogP contribution in [0.4, 0.5) is 14.7 Å². The molecule has 0 amide bonds. The molecule has 1 aromatic carbocycles. The lowest BCUT2D eigenvalue weighted by Gasteiger charge is -2.48. The molecule has 3 aliphatic rings. The molecule has 2 N–H and O–H groups in total. The van der Waals surface area contributed by atoms with Gasteiger partial charge in [-0.25, -0.2) is 14.2 Å². The lowest BCUT2D eigenvalue weighted by molar-refractivity contribution is 0.0828. The molecule has 6 rings (SSSR count). The van der Waals surface area contributed by atoms with Crippen molar-refractivity contribution in [2.45, 2.75) is 75.3 Å². The number of hydrogen-bond donors (Lipinski definition) is 2. The van der Waals surface area contributed by atoms with Gasteiger partial charge in [0, 0.05) is 41.4 Å². The van der Waals surface area contributed by atoms with E-state index in [0.717, 1.165) is 36.3 Å². The first-order valence-corrected chi connectivity index (χ1v) is 12.6. The maximum atomic E-state index is 15.8. The number of fused-ring (bicyclic) bond motifs is 2. The number of benzene rings is 1. The van der Waals surface area contributed by atoms with Crippen LogP contribution in [0.25, 0.3) is 22.5 Å². The maximum Gasteiger partial charge on any atom is 0.350 e. The SMILES string of the molecule is Cn1c(F)cc(-c2ccc(-c3cnc(N(C4CC4)[C@@H]4C[C@@]5(C)CC[C@](C)(N5)[C@@H]4F)nn3)c(O)c2)nc1=O. The normalized spacial score (nSPS) is 28.9. The summed E-state index contributed by atoms with van der Waals surface area (Å²) in [6.45, 7) is 4.13. The number of phenolic OH excluding ortho intramolecular Hbond substituents is 1. The van der Waals surface area contributed by atoms with E-state index in [1.54, 1.807) is 12.1 Å². The van der Waals surface area contributed by atoms with E-state index in [1.807, 2.05) is 11.8 Å². The average Bonchev–Trinajstić information content (AvgIpc) is 3.66. The number of nitrogens with zero attached hydrogens (tertiary/aromatic N) is 6. The molecule has 2 aliphatic heterocycles. The summed E-state index contributed by atoms with van der Waals surface area (Å²) >= 11 is 0. The summed E-state index contributed by atoms with van der Waals surface area (Å²) < 4.78 is 30.6. The van der Waals surface area contributed by atoms with Crippen molar-refractivity contribution in [1.82, 2.24) is 30.0 Å².